The van der Waals surface area contributed by atoms with Gasteiger partial charge >= 0.3 is 0 Å². The summed E-state index contributed by atoms with van der Waals surface area (Å²) in [5.41, 5.74) is 2.79. The first-order chi connectivity index (χ1) is 22.3. The van der Waals surface area contributed by atoms with Crippen LogP contribution < -0.4 is 44.8 Å². The van der Waals surface area contributed by atoms with Gasteiger partial charge in [0.2, 0.25) is 5.88 Å². The summed E-state index contributed by atoms with van der Waals surface area (Å²) in [5.74, 6) is -1.96. The fraction of sp³-hybridized carbons (Fsp3) is 0.111. The molecule has 24 heteroatoms. The number of aromatic hydroxyl groups is 1. The van der Waals surface area contributed by atoms with E-state index in [0.717, 1.165) is 47.0 Å². The van der Waals surface area contributed by atoms with Crippen molar-refractivity contribution in [3.8, 4) is 5.88 Å². The lowest BCUT2D eigenvalue weighted by atomic mass is 10.1. The highest BCUT2D eigenvalue weighted by Gasteiger charge is 2.23. The third kappa shape index (κ3) is 10.5. The van der Waals surface area contributed by atoms with Crippen molar-refractivity contribution in [2.75, 3.05) is 0 Å². The number of aryl methyl sites for hydroxylation is 1. The first kappa shape index (κ1) is 44.0. The zero-order chi connectivity index (χ0) is 35.6. The topological polar surface area (TPSA) is 419 Å². The van der Waals surface area contributed by atoms with Crippen LogP contribution in [0.2, 0.25) is 0 Å². The number of carbonyl (C=O) groups excluding carboxylic acids is 1. The molecule has 276 valence electrons. The minimum absolute atomic E-state index is 0. The minimum atomic E-state index is -5.25. The van der Waals surface area contributed by atoms with Gasteiger partial charge in [0.1, 0.15) is 21.4 Å². The predicted octanol–water partition coefficient (Wildman–Crippen LogP) is 2.85. The molecule has 0 aliphatic heterocycles. The van der Waals surface area contributed by atoms with Gasteiger partial charge < -0.3 is 48.2 Å². The standard InChI is InChI=1S/C27H25N6O12PS2.3H3N/c1-15-23(25(28)34)26(35)33(12-11-16-5-8-20(9-6-16)47(40,41)42)27(36)24(15)32-31-21-10-7-18(14-22(21)48(43,44)45)30-29-17-3-2-4-19(13-17)46(37,38)39;;;/h2-10,13-14,35H,11-12H2,1H3,(H2,28,34)(H2,37,38,39)(H,40,41,42)(H,43,44,45);3*1H3. The molecule has 51 heavy (non-hydrogen) atoms. The maximum Gasteiger partial charge on any atom is 0.294 e. The Morgan fingerprint density at radius 3 is 2.02 bits per heavy atom. The lowest BCUT2D eigenvalue weighted by Crippen LogP contribution is -2.26. The van der Waals surface area contributed by atoms with Crippen LogP contribution >= 0.6 is 7.60 Å². The molecule has 16 N–H and O–H groups in total. The fourth-order valence-electron chi connectivity index (χ4n) is 4.29. The molecule has 0 radical (unpaired) electrons. The van der Waals surface area contributed by atoms with Crippen LogP contribution in [-0.2, 0) is 37.8 Å². The van der Waals surface area contributed by atoms with Crippen LogP contribution in [0.4, 0.5) is 22.7 Å². The number of aromatic nitrogens is 1. The van der Waals surface area contributed by atoms with E-state index in [1.807, 2.05) is 0 Å². The maximum absolute atomic E-state index is 13.4. The number of azo groups is 2. The Kier molecular flexibility index (Phi) is 14.4. The molecular formula is C27H34N9O12PS2. The van der Waals surface area contributed by atoms with Crippen LogP contribution in [0, 0.1) is 6.92 Å². The molecule has 0 saturated heterocycles. The van der Waals surface area contributed by atoms with Crippen molar-refractivity contribution < 1.29 is 50.2 Å². The van der Waals surface area contributed by atoms with Gasteiger partial charge in [-0.25, -0.2) is 8.42 Å². The number of quaternary nitrogens is 3. The Hall–Kier alpha value is -5.07. The summed E-state index contributed by atoms with van der Waals surface area (Å²) >= 11 is 0. The summed E-state index contributed by atoms with van der Waals surface area (Å²) < 4.78 is 80.0. The monoisotopic (exact) mass is 771 g/mol. The van der Waals surface area contributed by atoms with E-state index < -0.39 is 72.3 Å². The number of rotatable bonds is 11. The number of amides is 1. The predicted molar refractivity (Wildman–Crippen MR) is 180 cm³/mol. The quantitative estimate of drug-likeness (QED) is 0.0728. The number of hydrogen-bond acceptors (Lipinski definition) is 15. The largest absolute Gasteiger partial charge is 0.807 e. The summed E-state index contributed by atoms with van der Waals surface area (Å²) in [7, 11) is -14.8. The van der Waals surface area contributed by atoms with Crippen LogP contribution in [0.3, 0.4) is 0 Å². The number of nitrogens with zero attached hydrogens (tertiary/aromatic N) is 5. The summed E-state index contributed by atoms with van der Waals surface area (Å²) in [6.45, 7) is 0.930. The van der Waals surface area contributed by atoms with Crippen molar-refractivity contribution in [2.24, 2.45) is 26.2 Å². The van der Waals surface area contributed by atoms with E-state index in [9.17, 15) is 50.4 Å². The summed E-state index contributed by atoms with van der Waals surface area (Å²) in [6.07, 6.45) is 0.00302. The smallest absolute Gasteiger partial charge is 0.294 e. The molecule has 1 amide bonds. The summed E-state index contributed by atoms with van der Waals surface area (Å²) in [5, 5.41) is 25.2. The first-order valence-corrected chi connectivity index (χ1v) is 17.5. The molecule has 1 aromatic heterocycles. The van der Waals surface area contributed by atoms with E-state index >= 15 is 0 Å². The van der Waals surface area contributed by atoms with E-state index in [4.69, 9.17) is 10.3 Å². The van der Waals surface area contributed by atoms with Gasteiger partial charge in [0.25, 0.3) is 21.6 Å². The van der Waals surface area contributed by atoms with Gasteiger partial charge in [-0.2, -0.15) is 18.6 Å². The Morgan fingerprint density at radius 2 is 1.49 bits per heavy atom. The molecule has 0 fully saturated rings. The number of pyridine rings is 1. The molecule has 3 aromatic carbocycles. The van der Waals surface area contributed by atoms with Crippen molar-refractivity contribution in [1.29, 1.82) is 0 Å². The van der Waals surface area contributed by atoms with Gasteiger partial charge in [-0.1, -0.05) is 24.3 Å². The van der Waals surface area contributed by atoms with Crippen LogP contribution in [-0.4, -0.2) is 41.5 Å². The van der Waals surface area contributed by atoms with E-state index in [2.05, 4.69) is 20.5 Å². The van der Waals surface area contributed by atoms with Crippen molar-refractivity contribution in [2.45, 2.75) is 29.7 Å². The van der Waals surface area contributed by atoms with E-state index in [0.29, 0.717) is 5.56 Å². The highest BCUT2D eigenvalue weighted by Crippen LogP contribution is 2.33. The third-order valence-corrected chi connectivity index (χ3v) is 9.29. The van der Waals surface area contributed by atoms with Crippen molar-refractivity contribution in [1.82, 2.24) is 23.0 Å². The van der Waals surface area contributed by atoms with Crippen molar-refractivity contribution in [3.63, 3.8) is 0 Å². The number of nitrogens with two attached hydrogens (primary N) is 1. The van der Waals surface area contributed by atoms with E-state index in [1.165, 1.54) is 31.2 Å². The SMILES string of the molecule is Cc1c(C(N)=O)c(O)n(CCc2ccc(S(=O)(=O)O)cc2)c(=O)c1N=Nc1ccc(N=Nc2cccc(P(=O)([O-])[O-])c2)cc1S(=O)(=O)[O-].[NH4+].[NH4+].[NH4+]. The zero-order valence-corrected chi connectivity index (χ0v) is 29.8. The molecule has 1 heterocycles. The fourth-order valence-corrected chi connectivity index (χ4v) is 5.96. The van der Waals surface area contributed by atoms with E-state index in [1.54, 1.807) is 0 Å². The highest BCUT2D eigenvalue weighted by molar-refractivity contribution is 7.86. The average molecular weight is 772 g/mol. The lowest BCUT2D eigenvalue weighted by molar-refractivity contribution is -0.307. The summed E-state index contributed by atoms with van der Waals surface area (Å²) in [4.78, 5) is 46.8. The average Bonchev–Trinajstić information content (AvgIpc) is 2.99. The normalized spacial score (nSPS) is 11.9. The molecule has 4 rings (SSSR count). The number of hydrogen-bond donors (Lipinski definition) is 6. The van der Waals surface area contributed by atoms with Crippen LogP contribution in [0.15, 0.2) is 102 Å². The highest BCUT2D eigenvalue weighted by atomic mass is 32.2. The second-order valence-electron chi connectivity index (χ2n) is 9.89. The molecule has 0 aliphatic rings. The number of primary amides is 1. The Labute approximate surface area is 290 Å². The van der Waals surface area contributed by atoms with Gasteiger partial charge in [0, 0.05) is 12.1 Å². The van der Waals surface area contributed by atoms with Gasteiger partial charge in [-0.05, 0) is 74.3 Å². The van der Waals surface area contributed by atoms with Gasteiger partial charge in [0.05, 0.1) is 21.2 Å². The zero-order valence-electron chi connectivity index (χ0n) is 27.3. The van der Waals surface area contributed by atoms with Crippen molar-refractivity contribution >= 4 is 61.8 Å². The van der Waals surface area contributed by atoms with Gasteiger partial charge in [0.15, 0.2) is 5.69 Å². The molecule has 21 nitrogen and oxygen atoms in total. The molecular weight excluding hydrogens is 737 g/mol. The first-order valence-electron chi connectivity index (χ1n) is 13.2. The second kappa shape index (κ2) is 16.8. The lowest BCUT2D eigenvalue weighted by Gasteiger charge is -2.29. The molecule has 0 unspecified atom stereocenters. The number of benzene rings is 3. The molecule has 0 spiro atoms. The van der Waals surface area contributed by atoms with Gasteiger partial charge in [-0.15, -0.1) is 10.2 Å². The minimum Gasteiger partial charge on any atom is -0.807 e. The molecule has 0 bridgehead atoms. The summed E-state index contributed by atoms with van der Waals surface area (Å²) in [6, 6.07) is 12.4. The molecule has 0 saturated carbocycles. The second-order valence-corrected chi connectivity index (χ2v) is 14.2. The third-order valence-electron chi connectivity index (χ3n) is 6.65. The van der Waals surface area contributed by atoms with Crippen LogP contribution in [0.25, 0.3) is 0 Å². The Morgan fingerprint density at radius 1 is 0.902 bits per heavy atom. The van der Waals surface area contributed by atoms with Crippen LogP contribution in [0.1, 0.15) is 21.5 Å². The van der Waals surface area contributed by atoms with Crippen molar-refractivity contribution in [3.05, 3.63) is 93.8 Å². The van der Waals surface area contributed by atoms with Crippen LogP contribution in [0.5, 0.6) is 5.88 Å². The Bertz CT molecular complexity index is 2330. The molecule has 0 atom stereocenters. The molecule has 4 aromatic rings. The van der Waals surface area contributed by atoms with Gasteiger partial charge in [-0.3, -0.25) is 18.7 Å². The van der Waals surface area contributed by atoms with E-state index in [-0.39, 0.29) is 53.3 Å². The molecule has 0 aliphatic carbocycles. The Balaban J connectivity index is 0.00000433. The number of carbonyl (C=O) groups is 1. The maximum atomic E-state index is 13.4.